The van der Waals surface area contributed by atoms with Crippen LogP contribution in [0, 0.1) is 5.92 Å². The maximum atomic E-state index is 13.8. The Balaban J connectivity index is 1.65. The number of imidazole rings is 1. The van der Waals surface area contributed by atoms with E-state index in [-0.39, 0.29) is 24.3 Å². The van der Waals surface area contributed by atoms with Gasteiger partial charge in [-0.05, 0) is 38.0 Å². The van der Waals surface area contributed by atoms with Gasteiger partial charge in [0.2, 0.25) is 5.95 Å². The van der Waals surface area contributed by atoms with Crippen LogP contribution in [0.1, 0.15) is 48.9 Å². The van der Waals surface area contributed by atoms with E-state index in [1.165, 1.54) is 4.57 Å². The molecule has 1 aliphatic carbocycles. The monoisotopic (exact) mass is 490 g/mol. The molecule has 0 amide bonds. The molecule has 0 bridgehead atoms. The van der Waals surface area contributed by atoms with Crippen LogP contribution in [0.25, 0.3) is 11.2 Å². The molecule has 2 aromatic heterocycles. The molecule has 3 heterocycles. The number of ketones is 1. The highest BCUT2D eigenvalue weighted by Gasteiger charge is 2.27. The summed E-state index contributed by atoms with van der Waals surface area (Å²) in [6.07, 6.45) is 10.6. The first-order valence-electron chi connectivity index (χ1n) is 12.9. The minimum absolute atomic E-state index is 0.0271. The summed E-state index contributed by atoms with van der Waals surface area (Å²) in [7, 11) is 1.61. The van der Waals surface area contributed by atoms with Crippen molar-refractivity contribution in [3.8, 4) is 0 Å². The molecule has 36 heavy (non-hydrogen) atoms. The van der Waals surface area contributed by atoms with Crippen LogP contribution < -0.4 is 21.9 Å². The van der Waals surface area contributed by atoms with Crippen LogP contribution in [0.2, 0.25) is 0 Å². The summed E-state index contributed by atoms with van der Waals surface area (Å²) >= 11 is 0. The van der Waals surface area contributed by atoms with Gasteiger partial charge in [-0.1, -0.05) is 48.9 Å². The Hall–Kier alpha value is -3.46. The van der Waals surface area contributed by atoms with Crippen LogP contribution in [0.5, 0.6) is 0 Å². The van der Waals surface area contributed by atoms with Crippen molar-refractivity contribution in [2.75, 3.05) is 18.0 Å². The lowest BCUT2D eigenvalue weighted by atomic mass is 9.96. The molecule has 0 spiro atoms. The van der Waals surface area contributed by atoms with Crippen molar-refractivity contribution in [1.29, 1.82) is 0 Å². The van der Waals surface area contributed by atoms with Crippen molar-refractivity contribution >= 4 is 22.9 Å². The Bertz CT molecular complexity index is 1400. The van der Waals surface area contributed by atoms with Gasteiger partial charge >= 0.3 is 5.69 Å². The molecule has 1 aliphatic heterocycles. The molecule has 2 N–H and O–H groups in total. The van der Waals surface area contributed by atoms with Crippen LogP contribution in [0.3, 0.4) is 0 Å². The largest absolute Gasteiger partial charge is 0.341 e. The molecule has 1 saturated heterocycles. The van der Waals surface area contributed by atoms with Crippen LogP contribution in [0.4, 0.5) is 5.95 Å². The first-order chi connectivity index (χ1) is 17.4. The molecule has 3 aromatic rings. The average molecular weight is 491 g/mol. The third-order valence-corrected chi connectivity index (χ3v) is 7.37. The Kier molecular flexibility index (Phi) is 6.91. The number of nitrogens with zero attached hydrogens (tertiary/aromatic N) is 5. The number of hydrogen-bond acceptors (Lipinski definition) is 6. The fourth-order valence-corrected chi connectivity index (χ4v) is 5.40. The van der Waals surface area contributed by atoms with E-state index in [0.29, 0.717) is 35.8 Å². The number of carbonyl (C=O) groups excluding carboxylic acids is 1. The van der Waals surface area contributed by atoms with E-state index in [4.69, 9.17) is 10.7 Å². The van der Waals surface area contributed by atoms with Crippen molar-refractivity contribution in [2.45, 2.75) is 57.7 Å². The van der Waals surface area contributed by atoms with Crippen LogP contribution >= 0.6 is 0 Å². The number of hydrogen-bond donors (Lipinski definition) is 1. The number of nitrogens with two attached hydrogens (primary N) is 1. The molecule has 9 nitrogen and oxygen atoms in total. The van der Waals surface area contributed by atoms with E-state index >= 15 is 0 Å². The predicted octanol–water partition coefficient (Wildman–Crippen LogP) is 2.45. The second-order valence-corrected chi connectivity index (χ2v) is 10.0. The Labute approximate surface area is 209 Å². The minimum Gasteiger partial charge on any atom is -0.341 e. The zero-order chi connectivity index (χ0) is 25.2. The fourth-order valence-electron chi connectivity index (χ4n) is 5.40. The summed E-state index contributed by atoms with van der Waals surface area (Å²) in [6, 6.07) is 8.76. The number of Topliss-reactive ketones (excluding diaryl/α,β-unsaturated/α-hetero) is 1. The third-order valence-electron chi connectivity index (χ3n) is 7.37. The lowest BCUT2D eigenvalue weighted by molar-refractivity contribution is 0.0969. The zero-order valence-electron chi connectivity index (χ0n) is 20.8. The first kappa shape index (κ1) is 24.2. The van der Waals surface area contributed by atoms with E-state index in [2.05, 4.69) is 17.1 Å². The second-order valence-electron chi connectivity index (χ2n) is 10.0. The second kappa shape index (κ2) is 10.3. The number of carbonyl (C=O) groups is 1. The Morgan fingerprint density at radius 1 is 1.08 bits per heavy atom. The minimum atomic E-state index is -0.543. The van der Waals surface area contributed by atoms with Crippen molar-refractivity contribution in [3.05, 3.63) is 68.9 Å². The third kappa shape index (κ3) is 4.67. The number of benzene rings is 1. The van der Waals surface area contributed by atoms with Gasteiger partial charge in [-0.3, -0.25) is 18.7 Å². The van der Waals surface area contributed by atoms with E-state index < -0.39 is 11.2 Å². The molecule has 0 saturated carbocycles. The van der Waals surface area contributed by atoms with E-state index in [0.717, 1.165) is 49.6 Å². The molecule has 1 aromatic carbocycles. The summed E-state index contributed by atoms with van der Waals surface area (Å²) in [5.41, 5.74) is 6.52. The normalized spacial score (nSPS) is 20.6. The van der Waals surface area contributed by atoms with Crippen molar-refractivity contribution in [2.24, 2.45) is 18.7 Å². The maximum absolute atomic E-state index is 13.8. The van der Waals surface area contributed by atoms with Crippen LogP contribution in [0.15, 0.2) is 52.1 Å². The lowest BCUT2D eigenvalue weighted by Crippen LogP contribution is -2.41. The van der Waals surface area contributed by atoms with E-state index in [9.17, 15) is 14.4 Å². The Morgan fingerprint density at radius 3 is 2.64 bits per heavy atom. The van der Waals surface area contributed by atoms with Gasteiger partial charge in [0.15, 0.2) is 16.9 Å². The highest BCUT2D eigenvalue weighted by Crippen LogP contribution is 2.27. The molecular weight excluding hydrogens is 456 g/mol. The first-order valence-corrected chi connectivity index (χ1v) is 12.9. The molecule has 0 radical (unpaired) electrons. The van der Waals surface area contributed by atoms with Crippen LogP contribution in [-0.2, 0) is 20.1 Å². The molecule has 2 unspecified atom stereocenters. The molecule has 1 fully saturated rings. The zero-order valence-corrected chi connectivity index (χ0v) is 20.8. The summed E-state index contributed by atoms with van der Waals surface area (Å²) in [4.78, 5) is 47.0. The number of aryl methyl sites for hydroxylation is 1. The standard InChI is InChI=1S/C27H34N6O3/c1-30-24-23(25(35)33(27(30)36)18-22(34)20-12-6-3-7-13-20)32(16-19-10-4-2-5-11-19)26(29-24)31-15-9-8-14-21(28)17-31/h3-4,6-7,10,12-13,19,21H,2,5,8-9,11,14-18,28H2,1H3. The number of fused-ring (bicyclic) bond motifs is 1. The highest BCUT2D eigenvalue weighted by molar-refractivity contribution is 5.95. The molecule has 2 atom stereocenters. The molecular formula is C27H34N6O3. The average Bonchev–Trinajstić information content (AvgIpc) is 3.13. The van der Waals surface area contributed by atoms with Gasteiger partial charge in [-0.15, -0.1) is 0 Å². The summed E-state index contributed by atoms with van der Waals surface area (Å²) in [6.45, 7) is 1.72. The Morgan fingerprint density at radius 2 is 1.89 bits per heavy atom. The number of anilines is 1. The van der Waals surface area contributed by atoms with Gasteiger partial charge in [-0.2, -0.15) is 4.98 Å². The lowest BCUT2D eigenvalue weighted by Gasteiger charge is -2.26. The van der Waals surface area contributed by atoms with Gasteiger partial charge in [0.05, 0.1) is 6.54 Å². The number of allylic oxidation sites excluding steroid dienone is 2. The van der Waals surface area contributed by atoms with Crippen molar-refractivity contribution in [3.63, 3.8) is 0 Å². The molecule has 2 aliphatic rings. The van der Waals surface area contributed by atoms with Crippen molar-refractivity contribution < 1.29 is 4.79 Å². The van der Waals surface area contributed by atoms with Gasteiger partial charge in [0.25, 0.3) is 5.56 Å². The smallest absolute Gasteiger partial charge is 0.332 e. The number of aromatic nitrogens is 4. The molecule has 5 rings (SSSR count). The topological polar surface area (TPSA) is 108 Å². The summed E-state index contributed by atoms with van der Waals surface area (Å²) < 4.78 is 4.41. The maximum Gasteiger partial charge on any atom is 0.332 e. The van der Waals surface area contributed by atoms with Crippen LogP contribution in [-0.4, -0.2) is 43.6 Å². The highest BCUT2D eigenvalue weighted by atomic mass is 16.2. The molecule has 190 valence electrons. The summed E-state index contributed by atoms with van der Waals surface area (Å²) in [5, 5.41) is 0. The molecule has 9 heteroatoms. The van der Waals surface area contributed by atoms with Gasteiger partial charge in [-0.25, -0.2) is 4.79 Å². The quantitative estimate of drug-likeness (QED) is 0.420. The van der Waals surface area contributed by atoms with Gasteiger partial charge < -0.3 is 15.2 Å². The van der Waals surface area contributed by atoms with Crippen molar-refractivity contribution in [1.82, 2.24) is 18.7 Å². The van der Waals surface area contributed by atoms with Gasteiger partial charge in [0.1, 0.15) is 0 Å². The summed E-state index contributed by atoms with van der Waals surface area (Å²) in [5.74, 6) is 0.668. The van der Waals surface area contributed by atoms with E-state index in [1.54, 1.807) is 31.3 Å². The van der Waals surface area contributed by atoms with E-state index in [1.807, 2.05) is 10.6 Å². The number of rotatable bonds is 6. The SMILES string of the molecule is Cn1c(=O)n(CC(=O)c2ccccc2)c(=O)c2c1nc(N1CCCCC(N)C1)n2CC1C=CCCC1. The fraction of sp³-hybridized carbons (Fsp3) is 0.481. The van der Waals surface area contributed by atoms with Gasteiger partial charge in [0, 0.05) is 38.3 Å². The predicted molar refractivity (Wildman–Crippen MR) is 141 cm³/mol.